The maximum atomic E-state index is 12.6. The molecule has 0 spiro atoms. The van der Waals surface area contributed by atoms with Crippen molar-refractivity contribution in [3.05, 3.63) is 23.8 Å². The van der Waals surface area contributed by atoms with Gasteiger partial charge in [-0.25, -0.2) is 12.7 Å². The highest BCUT2D eigenvalue weighted by Crippen LogP contribution is 2.32. The van der Waals surface area contributed by atoms with E-state index in [-0.39, 0.29) is 10.8 Å². The third-order valence-corrected chi connectivity index (χ3v) is 6.77. The summed E-state index contributed by atoms with van der Waals surface area (Å²) in [5.74, 6) is 0.677. The molecule has 0 saturated carbocycles. The zero-order chi connectivity index (χ0) is 17.3. The van der Waals surface area contributed by atoms with Crippen LogP contribution in [0.1, 0.15) is 24.8 Å². The SMILES string of the molecule is CN(C)S(=O)(=O)c1ccc2c(c1)N(C(=O)CCC1CCNC1)CC2. The summed E-state index contributed by atoms with van der Waals surface area (Å²) in [5.41, 5.74) is 1.80. The van der Waals surface area contributed by atoms with Gasteiger partial charge in [0.1, 0.15) is 0 Å². The molecule has 3 rings (SSSR count). The van der Waals surface area contributed by atoms with Crippen molar-refractivity contribution in [2.45, 2.75) is 30.6 Å². The maximum absolute atomic E-state index is 12.6. The van der Waals surface area contributed by atoms with Gasteiger partial charge < -0.3 is 10.2 Å². The molecule has 0 aromatic heterocycles. The van der Waals surface area contributed by atoms with Crippen molar-refractivity contribution in [3.63, 3.8) is 0 Å². The summed E-state index contributed by atoms with van der Waals surface area (Å²) in [7, 11) is -0.456. The fourth-order valence-electron chi connectivity index (χ4n) is 3.41. The lowest BCUT2D eigenvalue weighted by atomic mass is 10.0. The van der Waals surface area contributed by atoms with Crippen LogP contribution < -0.4 is 10.2 Å². The van der Waals surface area contributed by atoms with E-state index in [0.29, 0.717) is 18.9 Å². The van der Waals surface area contributed by atoms with E-state index in [9.17, 15) is 13.2 Å². The van der Waals surface area contributed by atoms with Gasteiger partial charge in [0, 0.05) is 32.7 Å². The fraction of sp³-hybridized carbons (Fsp3) is 0.588. The molecular weight excluding hydrogens is 326 g/mol. The molecule has 0 aliphatic carbocycles. The number of benzene rings is 1. The molecule has 24 heavy (non-hydrogen) atoms. The Kier molecular flexibility index (Phi) is 4.94. The van der Waals surface area contributed by atoms with Crippen LogP contribution in [-0.4, -0.2) is 52.4 Å². The molecule has 2 heterocycles. The monoisotopic (exact) mass is 351 g/mol. The van der Waals surface area contributed by atoms with Crippen molar-refractivity contribution in [3.8, 4) is 0 Å². The van der Waals surface area contributed by atoms with Crippen molar-refractivity contribution in [1.82, 2.24) is 9.62 Å². The molecule has 1 amide bonds. The first-order valence-electron chi connectivity index (χ1n) is 8.46. The summed E-state index contributed by atoms with van der Waals surface area (Å²) in [5, 5.41) is 3.32. The van der Waals surface area contributed by atoms with Crippen LogP contribution in [0.5, 0.6) is 0 Å². The minimum absolute atomic E-state index is 0.0973. The largest absolute Gasteiger partial charge is 0.316 e. The van der Waals surface area contributed by atoms with Crippen LogP contribution >= 0.6 is 0 Å². The highest BCUT2D eigenvalue weighted by atomic mass is 32.2. The number of rotatable bonds is 5. The smallest absolute Gasteiger partial charge is 0.242 e. The number of hydrogen-bond acceptors (Lipinski definition) is 4. The van der Waals surface area contributed by atoms with Crippen LogP contribution in [-0.2, 0) is 21.2 Å². The second-order valence-corrected chi connectivity index (χ2v) is 8.92. The maximum Gasteiger partial charge on any atom is 0.242 e. The van der Waals surface area contributed by atoms with E-state index in [4.69, 9.17) is 0 Å². The molecule has 1 fully saturated rings. The Morgan fingerprint density at radius 3 is 2.83 bits per heavy atom. The van der Waals surface area contributed by atoms with Gasteiger partial charge in [0.25, 0.3) is 0 Å². The summed E-state index contributed by atoms with van der Waals surface area (Å²) in [6.07, 6.45) is 3.34. The Morgan fingerprint density at radius 1 is 1.38 bits per heavy atom. The van der Waals surface area contributed by atoms with Gasteiger partial charge in [-0.05, 0) is 56.0 Å². The molecule has 1 N–H and O–H groups in total. The first kappa shape index (κ1) is 17.4. The molecule has 1 atom stereocenters. The average molecular weight is 351 g/mol. The molecule has 6 nitrogen and oxygen atoms in total. The molecule has 2 aliphatic heterocycles. The van der Waals surface area contributed by atoms with E-state index >= 15 is 0 Å². The van der Waals surface area contributed by atoms with Crippen molar-refractivity contribution in [2.75, 3.05) is 38.6 Å². The zero-order valence-electron chi connectivity index (χ0n) is 14.3. The Morgan fingerprint density at radius 2 is 2.17 bits per heavy atom. The number of carbonyl (C=O) groups is 1. The highest BCUT2D eigenvalue weighted by Gasteiger charge is 2.28. The van der Waals surface area contributed by atoms with Crippen molar-refractivity contribution >= 4 is 21.6 Å². The zero-order valence-corrected chi connectivity index (χ0v) is 15.1. The van der Waals surface area contributed by atoms with E-state index in [1.807, 2.05) is 6.07 Å². The third-order valence-electron chi connectivity index (χ3n) is 4.96. The number of fused-ring (bicyclic) bond motifs is 1. The predicted molar refractivity (Wildman–Crippen MR) is 93.6 cm³/mol. The molecule has 2 aliphatic rings. The van der Waals surface area contributed by atoms with Crippen LogP contribution in [0.4, 0.5) is 5.69 Å². The molecule has 1 aromatic rings. The fourth-order valence-corrected chi connectivity index (χ4v) is 4.33. The number of nitrogens with one attached hydrogen (secondary N) is 1. The normalized spacial score (nSPS) is 20.6. The lowest BCUT2D eigenvalue weighted by Gasteiger charge is -2.19. The van der Waals surface area contributed by atoms with Gasteiger partial charge >= 0.3 is 0 Å². The molecule has 0 radical (unpaired) electrons. The number of hydrogen-bond donors (Lipinski definition) is 1. The van der Waals surface area contributed by atoms with E-state index in [1.54, 1.807) is 17.0 Å². The number of sulfonamides is 1. The number of amides is 1. The summed E-state index contributed by atoms with van der Waals surface area (Å²) >= 11 is 0. The minimum Gasteiger partial charge on any atom is -0.316 e. The molecule has 1 saturated heterocycles. The van der Waals surface area contributed by atoms with Gasteiger partial charge in [0.2, 0.25) is 15.9 Å². The van der Waals surface area contributed by atoms with Crippen LogP contribution in [0.25, 0.3) is 0 Å². The Hall–Kier alpha value is -1.44. The van der Waals surface area contributed by atoms with Gasteiger partial charge in [0.15, 0.2) is 0 Å². The van der Waals surface area contributed by atoms with Gasteiger partial charge in [-0.1, -0.05) is 6.07 Å². The minimum atomic E-state index is -3.49. The Bertz CT molecular complexity index is 725. The van der Waals surface area contributed by atoms with E-state index in [2.05, 4.69) is 5.32 Å². The van der Waals surface area contributed by atoms with Crippen LogP contribution in [0, 0.1) is 5.92 Å². The summed E-state index contributed by atoms with van der Waals surface area (Å²) in [4.78, 5) is 14.6. The van der Waals surface area contributed by atoms with E-state index < -0.39 is 10.0 Å². The van der Waals surface area contributed by atoms with Crippen LogP contribution in [0.15, 0.2) is 23.1 Å². The van der Waals surface area contributed by atoms with Crippen LogP contribution in [0.2, 0.25) is 0 Å². The van der Waals surface area contributed by atoms with Crippen LogP contribution in [0.3, 0.4) is 0 Å². The molecule has 7 heteroatoms. The van der Waals surface area contributed by atoms with Crippen molar-refractivity contribution < 1.29 is 13.2 Å². The quantitative estimate of drug-likeness (QED) is 0.866. The standard InChI is InChI=1S/C17H25N3O3S/c1-19(2)24(22,23)15-5-4-14-8-10-20(16(14)11-15)17(21)6-3-13-7-9-18-12-13/h4-5,11,13,18H,3,6-10,12H2,1-2H3. The van der Waals surface area contributed by atoms with E-state index in [0.717, 1.165) is 43.6 Å². The second kappa shape index (κ2) is 6.82. The molecule has 132 valence electrons. The topological polar surface area (TPSA) is 69.7 Å². The third kappa shape index (κ3) is 3.34. The molecule has 0 bridgehead atoms. The second-order valence-electron chi connectivity index (χ2n) is 6.77. The predicted octanol–water partition coefficient (Wildman–Crippen LogP) is 1.22. The van der Waals surface area contributed by atoms with Crippen molar-refractivity contribution in [2.24, 2.45) is 5.92 Å². The lowest BCUT2D eigenvalue weighted by Crippen LogP contribution is -2.29. The summed E-state index contributed by atoms with van der Waals surface area (Å²) in [6, 6.07) is 5.11. The lowest BCUT2D eigenvalue weighted by molar-refractivity contribution is -0.118. The average Bonchev–Trinajstić information content (AvgIpc) is 3.21. The first-order chi connectivity index (χ1) is 11.4. The van der Waals surface area contributed by atoms with E-state index in [1.165, 1.54) is 18.4 Å². The number of nitrogens with zero attached hydrogens (tertiary/aromatic N) is 2. The molecule has 1 unspecified atom stereocenters. The Labute approximate surface area is 143 Å². The van der Waals surface area contributed by atoms with Gasteiger partial charge in [-0.3, -0.25) is 4.79 Å². The first-order valence-corrected chi connectivity index (χ1v) is 9.90. The highest BCUT2D eigenvalue weighted by molar-refractivity contribution is 7.89. The van der Waals surface area contributed by atoms with Gasteiger partial charge in [0.05, 0.1) is 4.90 Å². The van der Waals surface area contributed by atoms with Crippen molar-refractivity contribution in [1.29, 1.82) is 0 Å². The number of anilines is 1. The molecular formula is C17H25N3O3S. The van der Waals surface area contributed by atoms with Gasteiger partial charge in [-0.15, -0.1) is 0 Å². The number of carbonyl (C=O) groups excluding carboxylic acids is 1. The molecule has 1 aromatic carbocycles. The Balaban J connectivity index is 1.76. The van der Waals surface area contributed by atoms with Gasteiger partial charge in [-0.2, -0.15) is 0 Å². The summed E-state index contributed by atoms with van der Waals surface area (Å²) < 4.78 is 25.8. The summed E-state index contributed by atoms with van der Waals surface area (Å²) in [6.45, 7) is 2.68.